The Kier molecular flexibility index (Phi) is 5.08. The summed E-state index contributed by atoms with van der Waals surface area (Å²) < 4.78 is 5.55. The van der Waals surface area contributed by atoms with Crippen molar-refractivity contribution in [3.63, 3.8) is 0 Å². The van der Waals surface area contributed by atoms with Gasteiger partial charge in [0.05, 0.1) is 17.1 Å². The molecule has 0 atom stereocenters. The highest BCUT2D eigenvalue weighted by molar-refractivity contribution is 6.06. The van der Waals surface area contributed by atoms with Crippen LogP contribution in [0.2, 0.25) is 0 Å². The molecule has 0 bridgehead atoms. The molecule has 114 valence electrons. The molecule has 1 amide bonds. The third-order valence-corrected chi connectivity index (χ3v) is 2.93. The minimum Gasteiger partial charge on any atom is -0.493 e. The van der Waals surface area contributed by atoms with E-state index in [-0.39, 0.29) is 11.6 Å². The second-order valence-corrected chi connectivity index (χ2v) is 4.60. The van der Waals surface area contributed by atoms with E-state index in [0.29, 0.717) is 23.6 Å². The summed E-state index contributed by atoms with van der Waals surface area (Å²) in [4.78, 5) is 22.4. The number of anilines is 1. The number of para-hydroxylation sites is 1. The lowest BCUT2D eigenvalue weighted by Gasteiger charge is -2.11. The largest absolute Gasteiger partial charge is 0.493 e. The second-order valence-electron chi connectivity index (χ2n) is 4.60. The molecule has 2 aromatic rings. The number of hydrogen-bond donors (Lipinski definition) is 1. The lowest BCUT2D eigenvalue weighted by atomic mass is 10.2. The van der Waals surface area contributed by atoms with Crippen LogP contribution < -0.4 is 10.1 Å². The smallest absolute Gasteiger partial charge is 0.269 e. The molecule has 0 radical (unpaired) electrons. The summed E-state index contributed by atoms with van der Waals surface area (Å²) in [6.07, 6.45) is 0.846. The van der Waals surface area contributed by atoms with E-state index < -0.39 is 4.92 Å². The molecule has 0 aromatic heterocycles. The standard InChI is InChI=1S/C16H16N2O4/c1-2-11-22-15-6-4-3-5-14(15)16(19)17-12-7-9-13(10-8-12)18(20)21/h3-10H,2,11H2,1H3,(H,17,19). The Hall–Kier alpha value is -2.89. The van der Waals surface area contributed by atoms with Gasteiger partial charge >= 0.3 is 0 Å². The average molecular weight is 300 g/mol. The Balaban J connectivity index is 2.13. The van der Waals surface area contributed by atoms with Gasteiger partial charge in [-0.25, -0.2) is 0 Å². The predicted octanol–water partition coefficient (Wildman–Crippen LogP) is 3.64. The summed E-state index contributed by atoms with van der Waals surface area (Å²) in [6.45, 7) is 2.52. The van der Waals surface area contributed by atoms with E-state index in [1.807, 2.05) is 6.92 Å². The van der Waals surface area contributed by atoms with Crippen LogP contribution in [-0.4, -0.2) is 17.4 Å². The highest BCUT2D eigenvalue weighted by atomic mass is 16.6. The van der Waals surface area contributed by atoms with Crippen molar-refractivity contribution in [3.8, 4) is 5.75 Å². The summed E-state index contributed by atoms with van der Waals surface area (Å²) in [6, 6.07) is 12.6. The lowest BCUT2D eigenvalue weighted by molar-refractivity contribution is -0.384. The number of carbonyl (C=O) groups excluding carboxylic acids is 1. The van der Waals surface area contributed by atoms with Crippen molar-refractivity contribution in [1.82, 2.24) is 0 Å². The van der Waals surface area contributed by atoms with Gasteiger partial charge in [-0.3, -0.25) is 14.9 Å². The van der Waals surface area contributed by atoms with Crippen LogP contribution in [0.5, 0.6) is 5.75 Å². The van der Waals surface area contributed by atoms with Gasteiger partial charge in [0.25, 0.3) is 11.6 Å². The molecule has 0 aliphatic rings. The monoisotopic (exact) mass is 300 g/mol. The number of nitro benzene ring substituents is 1. The zero-order valence-electron chi connectivity index (χ0n) is 12.1. The molecule has 2 aromatic carbocycles. The first-order chi connectivity index (χ1) is 10.6. The molecule has 6 nitrogen and oxygen atoms in total. The summed E-state index contributed by atoms with van der Waals surface area (Å²) in [5.74, 6) is 0.198. The highest BCUT2D eigenvalue weighted by Crippen LogP contribution is 2.21. The van der Waals surface area contributed by atoms with E-state index in [0.717, 1.165) is 6.42 Å². The fourth-order valence-corrected chi connectivity index (χ4v) is 1.86. The minimum absolute atomic E-state index is 0.0234. The zero-order valence-corrected chi connectivity index (χ0v) is 12.1. The van der Waals surface area contributed by atoms with Crippen molar-refractivity contribution in [2.24, 2.45) is 0 Å². The van der Waals surface area contributed by atoms with Gasteiger partial charge in [0.15, 0.2) is 0 Å². The molecular formula is C16H16N2O4. The number of benzene rings is 2. The van der Waals surface area contributed by atoms with E-state index in [1.54, 1.807) is 24.3 Å². The number of nitrogens with one attached hydrogen (secondary N) is 1. The molecule has 0 saturated carbocycles. The molecular weight excluding hydrogens is 284 g/mol. The first-order valence-electron chi connectivity index (χ1n) is 6.89. The Morgan fingerprint density at radius 1 is 1.18 bits per heavy atom. The third-order valence-electron chi connectivity index (χ3n) is 2.93. The van der Waals surface area contributed by atoms with E-state index in [4.69, 9.17) is 4.74 Å². The van der Waals surface area contributed by atoms with Crippen molar-refractivity contribution in [1.29, 1.82) is 0 Å². The van der Waals surface area contributed by atoms with Crippen molar-refractivity contribution in [2.45, 2.75) is 13.3 Å². The number of carbonyl (C=O) groups is 1. The molecule has 6 heteroatoms. The number of hydrogen-bond acceptors (Lipinski definition) is 4. The molecule has 0 spiro atoms. The van der Waals surface area contributed by atoms with Crippen LogP contribution in [0, 0.1) is 10.1 Å². The van der Waals surface area contributed by atoms with E-state index in [2.05, 4.69) is 5.32 Å². The van der Waals surface area contributed by atoms with Crippen LogP contribution in [0.3, 0.4) is 0 Å². The van der Waals surface area contributed by atoms with Crippen LogP contribution >= 0.6 is 0 Å². The number of non-ortho nitro benzene ring substituents is 1. The summed E-state index contributed by atoms with van der Waals surface area (Å²) in [5.41, 5.74) is 0.889. The Morgan fingerprint density at radius 3 is 2.50 bits per heavy atom. The molecule has 0 fully saturated rings. The predicted molar refractivity (Wildman–Crippen MR) is 83.3 cm³/mol. The van der Waals surface area contributed by atoms with Crippen molar-refractivity contribution in [2.75, 3.05) is 11.9 Å². The summed E-state index contributed by atoms with van der Waals surface area (Å²) in [7, 11) is 0. The third kappa shape index (κ3) is 3.82. The van der Waals surface area contributed by atoms with Gasteiger partial charge in [0.1, 0.15) is 5.75 Å². The Morgan fingerprint density at radius 2 is 1.86 bits per heavy atom. The molecule has 0 aliphatic carbocycles. The van der Waals surface area contributed by atoms with E-state index in [9.17, 15) is 14.9 Å². The van der Waals surface area contributed by atoms with Gasteiger partial charge in [-0.2, -0.15) is 0 Å². The SMILES string of the molecule is CCCOc1ccccc1C(=O)Nc1ccc([N+](=O)[O-])cc1. The number of nitrogens with zero attached hydrogens (tertiary/aromatic N) is 1. The van der Waals surface area contributed by atoms with Crippen molar-refractivity contribution in [3.05, 3.63) is 64.2 Å². The van der Waals surface area contributed by atoms with Crippen LogP contribution in [-0.2, 0) is 0 Å². The van der Waals surface area contributed by atoms with Crippen LogP contribution in [0.15, 0.2) is 48.5 Å². The molecule has 22 heavy (non-hydrogen) atoms. The van der Waals surface area contributed by atoms with Crippen molar-refractivity contribution >= 4 is 17.3 Å². The van der Waals surface area contributed by atoms with Crippen LogP contribution in [0.4, 0.5) is 11.4 Å². The molecule has 1 N–H and O–H groups in total. The molecule has 2 rings (SSSR count). The zero-order chi connectivity index (χ0) is 15.9. The maximum absolute atomic E-state index is 12.3. The normalized spacial score (nSPS) is 10.0. The maximum Gasteiger partial charge on any atom is 0.269 e. The minimum atomic E-state index is -0.487. The van der Waals surface area contributed by atoms with Crippen molar-refractivity contribution < 1.29 is 14.5 Å². The van der Waals surface area contributed by atoms with Crippen LogP contribution in [0.1, 0.15) is 23.7 Å². The number of amides is 1. The summed E-state index contributed by atoms with van der Waals surface area (Å²) in [5, 5.41) is 13.3. The lowest BCUT2D eigenvalue weighted by Crippen LogP contribution is -2.13. The number of ether oxygens (including phenoxy) is 1. The van der Waals surface area contributed by atoms with Gasteiger partial charge in [0.2, 0.25) is 0 Å². The fourth-order valence-electron chi connectivity index (χ4n) is 1.86. The van der Waals surface area contributed by atoms with E-state index >= 15 is 0 Å². The highest BCUT2D eigenvalue weighted by Gasteiger charge is 2.13. The van der Waals surface area contributed by atoms with Gasteiger partial charge in [-0.1, -0.05) is 19.1 Å². The maximum atomic E-state index is 12.3. The molecule has 0 heterocycles. The first-order valence-corrected chi connectivity index (χ1v) is 6.89. The summed E-state index contributed by atoms with van der Waals surface area (Å²) >= 11 is 0. The number of rotatable bonds is 6. The Labute approximate surface area is 127 Å². The Bertz CT molecular complexity index is 668. The van der Waals surface area contributed by atoms with Gasteiger partial charge in [-0.05, 0) is 30.7 Å². The number of nitro groups is 1. The second kappa shape index (κ2) is 7.21. The van der Waals surface area contributed by atoms with Gasteiger partial charge in [-0.15, -0.1) is 0 Å². The molecule has 0 aliphatic heterocycles. The topological polar surface area (TPSA) is 81.5 Å². The molecule has 0 unspecified atom stereocenters. The quantitative estimate of drug-likeness (QED) is 0.652. The van der Waals surface area contributed by atoms with Crippen LogP contribution in [0.25, 0.3) is 0 Å². The van der Waals surface area contributed by atoms with Gasteiger partial charge in [0, 0.05) is 17.8 Å². The fraction of sp³-hybridized carbons (Fsp3) is 0.188. The van der Waals surface area contributed by atoms with Gasteiger partial charge < -0.3 is 10.1 Å². The average Bonchev–Trinajstić information content (AvgIpc) is 2.53. The first kappa shape index (κ1) is 15.5. The van der Waals surface area contributed by atoms with E-state index in [1.165, 1.54) is 24.3 Å². The molecule has 0 saturated heterocycles.